The average Bonchev–Trinajstić information content (AvgIpc) is 2.40. The van der Waals surface area contributed by atoms with E-state index < -0.39 is 6.10 Å². The monoisotopic (exact) mass is 288 g/mol. The van der Waals surface area contributed by atoms with E-state index in [0.717, 1.165) is 25.9 Å². The van der Waals surface area contributed by atoms with Crippen LogP contribution in [-0.4, -0.2) is 17.8 Å². The molecule has 1 aromatic carbocycles. The highest BCUT2D eigenvalue weighted by molar-refractivity contribution is 6.42. The van der Waals surface area contributed by atoms with Gasteiger partial charge in [-0.25, -0.2) is 0 Å². The van der Waals surface area contributed by atoms with Gasteiger partial charge in [-0.2, -0.15) is 0 Å². The van der Waals surface area contributed by atoms with Crippen LogP contribution >= 0.6 is 23.2 Å². The Labute approximate surface area is 118 Å². The van der Waals surface area contributed by atoms with E-state index in [1.54, 1.807) is 6.07 Å². The van der Waals surface area contributed by atoms with E-state index in [2.05, 4.69) is 0 Å². The number of hydrogen-bond donors (Lipinski definition) is 1. The fourth-order valence-electron chi connectivity index (χ4n) is 2.31. The molecule has 1 aromatic rings. The molecule has 4 heteroatoms. The number of rotatable bonds is 4. The molecular weight excluding hydrogens is 271 g/mol. The summed E-state index contributed by atoms with van der Waals surface area (Å²) in [6, 6.07) is 5.36. The van der Waals surface area contributed by atoms with Crippen LogP contribution in [0, 0.1) is 0 Å². The second-order valence-electron chi connectivity index (χ2n) is 4.72. The van der Waals surface area contributed by atoms with Gasteiger partial charge in [0.15, 0.2) is 0 Å². The van der Waals surface area contributed by atoms with E-state index in [4.69, 9.17) is 27.9 Å². The van der Waals surface area contributed by atoms with Gasteiger partial charge in [-0.3, -0.25) is 0 Å². The summed E-state index contributed by atoms with van der Waals surface area (Å²) >= 11 is 12.0. The molecule has 2 rings (SSSR count). The second kappa shape index (κ2) is 6.76. The summed E-state index contributed by atoms with van der Waals surface area (Å²) in [4.78, 5) is 0. The summed E-state index contributed by atoms with van der Waals surface area (Å²) in [7, 11) is 0. The van der Waals surface area contributed by atoms with Crippen molar-refractivity contribution in [1.29, 1.82) is 0 Å². The van der Waals surface area contributed by atoms with Crippen molar-refractivity contribution in [2.75, 3.05) is 6.61 Å². The Kier molecular flexibility index (Phi) is 5.31. The Hall–Kier alpha value is -0.280. The fourth-order valence-corrected chi connectivity index (χ4v) is 2.75. The zero-order valence-corrected chi connectivity index (χ0v) is 11.8. The molecule has 0 amide bonds. The zero-order chi connectivity index (χ0) is 13.0. The van der Waals surface area contributed by atoms with Crippen LogP contribution in [0.5, 0.6) is 0 Å². The van der Waals surface area contributed by atoms with Crippen LogP contribution in [-0.2, 0) is 4.74 Å². The molecule has 1 aliphatic heterocycles. The van der Waals surface area contributed by atoms with Crippen molar-refractivity contribution in [1.82, 2.24) is 0 Å². The van der Waals surface area contributed by atoms with Crippen molar-refractivity contribution in [2.24, 2.45) is 0 Å². The van der Waals surface area contributed by atoms with Gasteiger partial charge in [-0.05, 0) is 38.2 Å². The van der Waals surface area contributed by atoms with Crippen LogP contribution in [0.25, 0.3) is 0 Å². The molecule has 1 N–H and O–H groups in total. The number of benzene rings is 1. The van der Waals surface area contributed by atoms with E-state index in [9.17, 15) is 5.11 Å². The van der Waals surface area contributed by atoms with Gasteiger partial charge < -0.3 is 9.84 Å². The fraction of sp³-hybridized carbons (Fsp3) is 0.571. The van der Waals surface area contributed by atoms with Crippen LogP contribution in [0.2, 0.25) is 10.0 Å². The van der Waals surface area contributed by atoms with Gasteiger partial charge in [0, 0.05) is 12.2 Å². The Balaban J connectivity index is 1.90. The lowest BCUT2D eigenvalue weighted by Gasteiger charge is -2.23. The van der Waals surface area contributed by atoms with Gasteiger partial charge >= 0.3 is 0 Å². The standard InChI is InChI=1S/C14H18Cl2O2/c15-12-6-3-5-11(14(12)16)13(17)8-7-10-4-1-2-9-18-10/h3,5-6,10,13,17H,1-2,4,7-9H2. The molecule has 1 aliphatic rings. The number of aliphatic hydroxyl groups excluding tert-OH is 1. The van der Waals surface area contributed by atoms with Gasteiger partial charge in [-0.1, -0.05) is 35.3 Å². The largest absolute Gasteiger partial charge is 0.388 e. The molecule has 0 aromatic heterocycles. The third kappa shape index (κ3) is 3.61. The maximum Gasteiger partial charge on any atom is 0.0805 e. The number of halogens is 2. The van der Waals surface area contributed by atoms with E-state index in [1.807, 2.05) is 12.1 Å². The number of hydrogen-bond acceptors (Lipinski definition) is 2. The Bertz CT molecular complexity index is 389. The predicted octanol–water partition coefficient (Wildman–Crippen LogP) is 4.38. The summed E-state index contributed by atoms with van der Waals surface area (Å²) in [6.07, 6.45) is 4.70. The highest BCUT2D eigenvalue weighted by atomic mass is 35.5. The molecule has 1 heterocycles. The maximum absolute atomic E-state index is 10.2. The van der Waals surface area contributed by atoms with Crippen LogP contribution < -0.4 is 0 Å². The average molecular weight is 289 g/mol. The Morgan fingerprint density at radius 1 is 1.33 bits per heavy atom. The van der Waals surface area contributed by atoms with Gasteiger partial charge in [0.25, 0.3) is 0 Å². The second-order valence-corrected chi connectivity index (χ2v) is 5.51. The molecule has 0 aliphatic carbocycles. The number of aliphatic hydroxyl groups is 1. The lowest BCUT2D eigenvalue weighted by molar-refractivity contribution is 0.00214. The number of ether oxygens (including phenoxy) is 1. The van der Waals surface area contributed by atoms with Crippen molar-refractivity contribution < 1.29 is 9.84 Å². The molecule has 0 spiro atoms. The first kappa shape index (κ1) is 14.1. The first-order valence-corrected chi connectivity index (χ1v) is 7.17. The van der Waals surface area contributed by atoms with E-state index in [0.29, 0.717) is 22.0 Å². The molecule has 1 fully saturated rings. The molecule has 0 radical (unpaired) electrons. The lowest BCUT2D eigenvalue weighted by atomic mass is 9.99. The summed E-state index contributed by atoms with van der Waals surface area (Å²) in [5.74, 6) is 0. The smallest absolute Gasteiger partial charge is 0.0805 e. The Morgan fingerprint density at radius 2 is 2.17 bits per heavy atom. The minimum atomic E-state index is -0.568. The highest BCUT2D eigenvalue weighted by Crippen LogP contribution is 2.32. The van der Waals surface area contributed by atoms with Gasteiger partial charge in [0.2, 0.25) is 0 Å². The highest BCUT2D eigenvalue weighted by Gasteiger charge is 2.18. The van der Waals surface area contributed by atoms with Crippen molar-refractivity contribution in [3.63, 3.8) is 0 Å². The quantitative estimate of drug-likeness (QED) is 0.891. The van der Waals surface area contributed by atoms with Crippen molar-refractivity contribution >= 4 is 23.2 Å². The molecule has 18 heavy (non-hydrogen) atoms. The van der Waals surface area contributed by atoms with Crippen LogP contribution in [0.15, 0.2) is 18.2 Å². The third-order valence-corrected chi connectivity index (χ3v) is 4.21. The topological polar surface area (TPSA) is 29.5 Å². The van der Waals surface area contributed by atoms with Gasteiger partial charge in [-0.15, -0.1) is 0 Å². The minimum Gasteiger partial charge on any atom is -0.388 e. The van der Waals surface area contributed by atoms with Gasteiger partial charge in [0.1, 0.15) is 0 Å². The van der Waals surface area contributed by atoms with Crippen LogP contribution in [0.1, 0.15) is 43.8 Å². The molecule has 2 unspecified atom stereocenters. The molecule has 0 bridgehead atoms. The Morgan fingerprint density at radius 3 is 2.89 bits per heavy atom. The van der Waals surface area contributed by atoms with E-state index in [1.165, 1.54) is 6.42 Å². The maximum atomic E-state index is 10.2. The summed E-state index contributed by atoms with van der Waals surface area (Å²) in [5, 5.41) is 11.1. The molecular formula is C14H18Cl2O2. The SMILES string of the molecule is OC(CCC1CCCCO1)c1cccc(Cl)c1Cl. The van der Waals surface area contributed by atoms with Crippen molar-refractivity contribution in [2.45, 2.75) is 44.3 Å². The van der Waals surface area contributed by atoms with Crippen molar-refractivity contribution in [3.8, 4) is 0 Å². The summed E-state index contributed by atoms with van der Waals surface area (Å²) < 4.78 is 5.65. The molecule has 2 nitrogen and oxygen atoms in total. The first-order valence-electron chi connectivity index (χ1n) is 6.42. The molecule has 0 saturated carbocycles. The normalized spacial score (nSPS) is 21.8. The summed E-state index contributed by atoms with van der Waals surface area (Å²) in [6.45, 7) is 0.846. The minimum absolute atomic E-state index is 0.284. The van der Waals surface area contributed by atoms with Crippen molar-refractivity contribution in [3.05, 3.63) is 33.8 Å². The first-order chi connectivity index (χ1) is 8.68. The summed E-state index contributed by atoms with van der Waals surface area (Å²) in [5.41, 5.74) is 0.708. The van der Waals surface area contributed by atoms with E-state index >= 15 is 0 Å². The predicted molar refractivity (Wildman–Crippen MR) is 74.2 cm³/mol. The van der Waals surface area contributed by atoms with E-state index in [-0.39, 0.29) is 6.10 Å². The third-order valence-electron chi connectivity index (χ3n) is 3.38. The van der Waals surface area contributed by atoms with Gasteiger partial charge in [0.05, 0.1) is 22.3 Å². The molecule has 1 saturated heterocycles. The van der Waals surface area contributed by atoms with Crippen LogP contribution in [0.4, 0.5) is 0 Å². The van der Waals surface area contributed by atoms with Crippen LogP contribution in [0.3, 0.4) is 0 Å². The lowest BCUT2D eigenvalue weighted by Crippen LogP contribution is -2.19. The zero-order valence-electron chi connectivity index (χ0n) is 10.2. The molecule has 2 atom stereocenters. The molecule has 100 valence electrons.